The van der Waals surface area contributed by atoms with Crippen molar-refractivity contribution in [3.63, 3.8) is 0 Å². The second kappa shape index (κ2) is 23.3. The number of aryl methyl sites for hydroxylation is 3. The minimum Gasteiger partial charge on any atom is -0.399 e. The molecule has 0 unspecified atom stereocenters. The molecule has 89 heavy (non-hydrogen) atoms. The van der Waals surface area contributed by atoms with Gasteiger partial charge in [-0.25, -0.2) is 51.9 Å². The topological polar surface area (TPSA) is 176 Å². The zero-order chi connectivity index (χ0) is 61.9. The van der Waals surface area contributed by atoms with Crippen LogP contribution in [0, 0.1) is 30.6 Å². The Morgan fingerprint density at radius 1 is 0.528 bits per heavy atom. The number of pyridine rings is 3. The van der Waals surface area contributed by atoms with Gasteiger partial charge in [0.2, 0.25) is 11.3 Å². The van der Waals surface area contributed by atoms with Crippen LogP contribution in [0.15, 0.2) is 151 Å². The predicted octanol–water partition coefficient (Wildman–Crippen LogP) is 13.1. The van der Waals surface area contributed by atoms with E-state index in [2.05, 4.69) is 59.3 Å². The van der Waals surface area contributed by atoms with E-state index < -0.39 is 13.0 Å². The van der Waals surface area contributed by atoms with Crippen LogP contribution in [0.25, 0.3) is 82.9 Å². The minimum atomic E-state index is -0.531. The van der Waals surface area contributed by atoms with Gasteiger partial charge in [-0.2, -0.15) is 0 Å². The van der Waals surface area contributed by atoms with Crippen LogP contribution in [0.2, 0.25) is 0 Å². The van der Waals surface area contributed by atoms with Gasteiger partial charge in [-0.3, -0.25) is 9.20 Å². The van der Waals surface area contributed by atoms with Crippen molar-refractivity contribution < 1.29 is 27.3 Å². The third kappa shape index (κ3) is 11.0. The lowest BCUT2D eigenvalue weighted by Gasteiger charge is -2.32. The first-order valence-corrected chi connectivity index (χ1v) is 29.8. The second-order valence-corrected chi connectivity index (χ2v) is 23.7. The molecule has 9 aromatic heterocycles. The third-order valence-electron chi connectivity index (χ3n) is 16.8. The van der Waals surface area contributed by atoms with Gasteiger partial charge in [0.05, 0.1) is 65.0 Å². The molecule has 0 saturated carbocycles. The Hall–Kier alpha value is -9.94. The molecule has 2 N–H and O–H groups in total. The van der Waals surface area contributed by atoms with Crippen LogP contribution >= 0.6 is 15.9 Å². The Morgan fingerprint density at radius 2 is 0.910 bits per heavy atom. The molecule has 4 aliphatic rings. The van der Waals surface area contributed by atoms with E-state index in [-0.39, 0.29) is 28.7 Å². The normalized spacial score (nSPS) is 14.9. The number of benzene rings is 3. The van der Waals surface area contributed by atoms with Crippen molar-refractivity contribution in [2.75, 3.05) is 0 Å². The molecule has 18 nitrogen and oxygen atoms in total. The second-order valence-electron chi connectivity index (χ2n) is 22.9. The van der Waals surface area contributed by atoms with Crippen LogP contribution in [0.1, 0.15) is 74.9 Å². The van der Waals surface area contributed by atoms with E-state index >= 15 is 0 Å². The average Bonchev–Trinajstić information content (AvgIpc) is 2.25. The van der Waals surface area contributed by atoms with Crippen molar-refractivity contribution in [3.8, 4) is 56.3 Å². The quantitative estimate of drug-likeness (QED) is 0.120. The number of hydrogen-bond donors (Lipinski definition) is 1. The van der Waals surface area contributed by atoms with Crippen molar-refractivity contribution in [3.05, 3.63) is 214 Å². The van der Waals surface area contributed by atoms with Crippen molar-refractivity contribution in [2.24, 2.45) is 5.73 Å². The van der Waals surface area contributed by atoms with Gasteiger partial charge in [0.1, 0.15) is 56.6 Å². The lowest BCUT2D eigenvalue weighted by Crippen LogP contribution is -2.41. The molecular formula is C66H56BBrF3N15O3. The molecular weight excluding hydrogens is 1200 g/mol. The number of carbonyl (C=O) groups excluding carboxylic acids is 1. The summed E-state index contributed by atoms with van der Waals surface area (Å²) in [5.74, 6) is 2.86. The van der Waals surface area contributed by atoms with Crippen LogP contribution < -0.4 is 11.2 Å². The highest BCUT2D eigenvalue weighted by Gasteiger charge is 2.52. The summed E-state index contributed by atoms with van der Waals surface area (Å²) >= 11 is 3.56. The van der Waals surface area contributed by atoms with Gasteiger partial charge in [-0.1, -0.05) is 19.2 Å². The Labute approximate surface area is 518 Å². The standard InChI is InChI=1S/C20H16FN5O.C20H14FN5.C14H16BN3O2.C12H10BrFN2/c21-14-6-3-12(4-7-14)18-19(25-9-1-2-17(25)24-18)13-5-8-16-23-10-15(20(22)27)26(16)11-13;1-22-18-11-23-16-9-6-14(12-26(16)18)20-19(13-4-7-15(21)8-5-13)24-17-3-2-10-25(17)20;1-13(2)14(3,4)20-15(19-13)10-6-7-11-17-8-12(16-5)18(11)9-10;13-12-11(8-3-5-9(14)6-4-8)15-10-2-1-7-16(10)12/h3-8,10-11H,1-2,9H2,(H2,22,27);4-9,11-12H,2-3,10H2;6-9H,1-4H3;3-6H,1-2,7H2. The van der Waals surface area contributed by atoms with Crippen molar-refractivity contribution in [2.45, 2.75) is 97.1 Å². The van der Waals surface area contributed by atoms with Gasteiger partial charge in [0.25, 0.3) is 17.5 Å². The number of hydrogen-bond acceptors (Lipinski definition) is 9. The largest absolute Gasteiger partial charge is 0.498 e. The van der Waals surface area contributed by atoms with E-state index in [4.69, 9.17) is 38.2 Å². The highest BCUT2D eigenvalue weighted by molar-refractivity contribution is 9.10. The lowest BCUT2D eigenvalue weighted by molar-refractivity contribution is 0.00578. The van der Waals surface area contributed by atoms with E-state index in [0.29, 0.717) is 23.0 Å². The highest BCUT2D eigenvalue weighted by Crippen LogP contribution is 2.40. The highest BCUT2D eigenvalue weighted by atomic mass is 79.9. The Bertz CT molecular complexity index is 4780. The van der Waals surface area contributed by atoms with Crippen LogP contribution in [-0.2, 0) is 48.2 Å². The molecule has 23 heteroatoms. The summed E-state index contributed by atoms with van der Waals surface area (Å²) in [6.07, 6.45) is 16.4. The van der Waals surface area contributed by atoms with E-state index in [0.717, 1.165) is 153 Å². The number of primary amides is 1. The number of imidazole rings is 6. The fraction of sp³-hybridized carbons (Fsp3) is 0.227. The van der Waals surface area contributed by atoms with Crippen molar-refractivity contribution in [1.82, 2.24) is 56.8 Å². The number of halogens is 4. The van der Waals surface area contributed by atoms with Crippen LogP contribution in [0.4, 0.5) is 24.8 Å². The minimum absolute atomic E-state index is 0.216. The molecule has 16 rings (SSSR count). The zero-order valence-electron chi connectivity index (χ0n) is 48.9. The molecule has 0 radical (unpaired) electrons. The summed E-state index contributed by atoms with van der Waals surface area (Å²) in [5.41, 5.74) is 17.2. The molecule has 0 atom stereocenters. The van der Waals surface area contributed by atoms with E-state index in [1.165, 1.54) is 42.6 Å². The number of nitrogens with zero attached hydrogens (tertiary/aromatic N) is 14. The molecule has 1 saturated heterocycles. The monoisotopic (exact) mass is 1250 g/mol. The molecule has 1 amide bonds. The number of aromatic nitrogens is 12. The van der Waals surface area contributed by atoms with Gasteiger partial charge >= 0.3 is 7.12 Å². The Balaban J connectivity index is 0.000000111. The van der Waals surface area contributed by atoms with Crippen LogP contribution in [0.5, 0.6) is 0 Å². The average molecular weight is 1250 g/mol. The summed E-state index contributed by atoms with van der Waals surface area (Å²) in [6, 6.07) is 30.8. The number of nitrogens with two attached hydrogens (primary N) is 1. The molecule has 13 heterocycles. The maximum absolute atomic E-state index is 13.4. The molecule has 12 aromatic rings. The summed E-state index contributed by atoms with van der Waals surface area (Å²) in [7, 11) is -0.426. The maximum Gasteiger partial charge on any atom is 0.498 e. The van der Waals surface area contributed by atoms with Crippen molar-refractivity contribution in [1.29, 1.82) is 0 Å². The maximum atomic E-state index is 13.4. The first-order valence-electron chi connectivity index (χ1n) is 29.0. The molecule has 0 bridgehead atoms. The van der Waals surface area contributed by atoms with E-state index in [1.807, 2.05) is 82.7 Å². The van der Waals surface area contributed by atoms with Gasteiger partial charge < -0.3 is 38.4 Å². The number of carbonyl (C=O) groups is 1. The zero-order valence-corrected chi connectivity index (χ0v) is 50.5. The van der Waals surface area contributed by atoms with Gasteiger partial charge in [-0.15, -0.1) is 0 Å². The molecule has 3 aromatic carbocycles. The molecule has 1 fully saturated rings. The number of fused-ring (bicyclic) bond motifs is 6. The van der Waals surface area contributed by atoms with Gasteiger partial charge in [0.15, 0.2) is 0 Å². The fourth-order valence-corrected chi connectivity index (χ4v) is 12.3. The smallest absolute Gasteiger partial charge is 0.399 e. The SMILES string of the molecule is Fc1ccc(-c2nc3n(c2Br)CCC3)cc1.NC(=O)c1cnc2ccc(-c3c(-c4ccc(F)cc4)nc4n3CCC4)cn12.[C-]#[N+]c1cnc2ccc(-c3c(-c4ccc(F)cc4)nc4n3CCC4)cn12.[C-]#[N+]c1cnc2ccc(B3OC(C)(C)C(C)(C)O3)cn12. The number of amides is 1. The summed E-state index contributed by atoms with van der Waals surface area (Å²) in [6.45, 7) is 25.4. The Kier molecular flexibility index (Phi) is 15.2. The van der Waals surface area contributed by atoms with E-state index in [9.17, 15) is 18.0 Å². The summed E-state index contributed by atoms with van der Waals surface area (Å²) < 4.78 is 64.4. The van der Waals surface area contributed by atoms with Crippen LogP contribution in [0.3, 0.4) is 0 Å². The van der Waals surface area contributed by atoms with Gasteiger partial charge in [0, 0.05) is 90.5 Å². The summed E-state index contributed by atoms with van der Waals surface area (Å²) in [5, 5.41) is 0. The molecule has 0 spiro atoms. The Morgan fingerprint density at radius 3 is 1.37 bits per heavy atom. The molecule has 0 aliphatic carbocycles. The lowest BCUT2D eigenvalue weighted by atomic mass is 9.80. The van der Waals surface area contributed by atoms with Crippen LogP contribution in [-0.4, -0.2) is 81.0 Å². The fourth-order valence-electron chi connectivity index (χ4n) is 11.6. The summed E-state index contributed by atoms with van der Waals surface area (Å²) in [4.78, 5) is 45.6. The first-order chi connectivity index (χ1) is 42.9. The predicted molar refractivity (Wildman–Crippen MR) is 336 cm³/mol. The molecule has 4 aliphatic heterocycles. The third-order valence-corrected chi connectivity index (χ3v) is 17.6. The number of rotatable bonds is 7. The van der Waals surface area contributed by atoms with E-state index in [1.54, 1.807) is 62.0 Å². The molecule has 444 valence electrons. The van der Waals surface area contributed by atoms with Gasteiger partial charge in [-0.05, 0) is 154 Å². The first kappa shape index (κ1) is 58.1. The van der Waals surface area contributed by atoms with Crippen molar-refractivity contribution >= 4 is 63.0 Å².